The van der Waals surface area contributed by atoms with Gasteiger partial charge in [0.15, 0.2) is 0 Å². The van der Waals surface area contributed by atoms with Crippen LogP contribution in [0.15, 0.2) is 12.1 Å². The van der Waals surface area contributed by atoms with E-state index in [0.29, 0.717) is 0 Å². The van der Waals surface area contributed by atoms with Gasteiger partial charge in [-0.25, -0.2) is 0 Å². The van der Waals surface area contributed by atoms with Crippen molar-refractivity contribution < 1.29 is 4.79 Å². The van der Waals surface area contributed by atoms with Crippen molar-refractivity contribution in [3.63, 3.8) is 0 Å². The number of nitrogens with two attached hydrogens (primary N) is 1. The maximum Gasteiger partial charge on any atom is 0.241 e. The van der Waals surface area contributed by atoms with Crippen LogP contribution in [0.2, 0.25) is 0 Å². The third kappa shape index (κ3) is 3.56. The number of nitrogen functional groups attached to an aromatic ring is 1. The highest BCUT2D eigenvalue weighted by Gasteiger charge is 2.28. The Morgan fingerprint density at radius 3 is 2.86 bits per heavy atom. The number of nitrogens with one attached hydrogen (secondary N) is 1. The summed E-state index contributed by atoms with van der Waals surface area (Å²) in [5, 5.41) is 3.12. The molecule has 1 saturated heterocycles. The summed E-state index contributed by atoms with van der Waals surface area (Å²) in [5.41, 5.74) is 9.58. The zero-order chi connectivity index (χ0) is 15.4. The van der Waals surface area contributed by atoms with Gasteiger partial charge in [-0.1, -0.05) is 19.4 Å². The van der Waals surface area contributed by atoms with Crippen LogP contribution in [0.25, 0.3) is 0 Å². The van der Waals surface area contributed by atoms with Gasteiger partial charge in [0.25, 0.3) is 0 Å². The summed E-state index contributed by atoms with van der Waals surface area (Å²) in [4.78, 5) is 15.0. The van der Waals surface area contributed by atoms with Crippen molar-refractivity contribution in [3.8, 4) is 0 Å². The molecule has 1 atom stereocenters. The van der Waals surface area contributed by atoms with Gasteiger partial charge in [0, 0.05) is 11.4 Å². The number of benzene rings is 1. The molecule has 21 heavy (non-hydrogen) atoms. The summed E-state index contributed by atoms with van der Waals surface area (Å²) in [6.07, 6.45) is 4.36. The number of carbonyl (C=O) groups is 1. The van der Waals surface area contributed by atoms with Crippen LogP contribution in [0, 0.1) is 13.8 Å². The highest BCUT2D eigenvalue weighted by atomic mass is 16.2. The minimum absolute atomic E-state index is 0.000990. The Hall–Kier alpha value is -1.55. The molecule has 1 fully saturated rings. The molecular formula is C17H27N3O. The molecule has 1 unspecified atom stereocenters. The lowest BCUT2D eigenvalue weighted by Crippen LogP contribution is -2.47. The van der Waals surface area contributed by atoms with Crippen molar-refractivity contribution in [2.75, 3.05) is 24.1 Å². The zero-order valence-electron chi connectivity index (χ0n) is 13.4. The molecule has 1 aromatic carbocycles. The van der Waals surface area contributed by atoms with Crippen molar-refractivity contribution in [1.29, 1.82) is 0 Å². The first kappa shape index (κ1) is 15.8. The summed E-state index contributed by atoms with van der Waals surface area (Å²) in [6, 6.07) is 3.85. The second-order valence-corrected chi connectivity index (χ2v) is 6.01. The van der Waals surface area contributed by atoms with E-state index in [1.807, 2.05) is 26.0 Å². The smallest absolute Gasteiger partial charge is 0.241 e. The third-order valence-corrected chi connectivity index (χ3v) is 4.39. The first-order valence-corrected chi connectivity index (χ1v) is 7.95. The molecule has 0 spiro atoms. The lowest BCUT2D eigenvalue weighted by atomic mass is 10.00. The van der Waals surface area contributed by atoms with E-state index in [9.17, 15) is 4.79 Å². The number of carbonyl (C=O) groups excluding carboxylic acids is 1. The minimum atomic E-state index is -0.000990. The largest absolute Gasteiger partial charge is 0.398 e. The standard InChI is InChI=1S/C17H27N3O/c1-4-10-20-11-6-5-7-15(20)17(21)19-16-12(2)8-9-14(18)13(16)3/h8-9,15H,4-7,10-11,18H2,1-3H3,(H,19,21). The normalized spacial score (nSPS) is 19.5. The van der Waals surface area contributed by atoms with E-state index in [0.717, 1.165) is 54.9 Å². The molecule has 3 N–H and O–H groups in total. The SMILES string of the molecule is CCCN1CCCCC1C(=O)Nc1c(C)ccc(N)c1C. The fourth-order valence-corrected chi connectivity index (χ4v) is 3.10. The summed E-state index contributed by atoms with van der Waals surface area (Å²) in [5.74, 6) is 0.111. The molecule has 1 aliphatic rings. The Morgan fingerprint density at radius 1 is 1.38 bits per heavy atom. The minimum Gasteiger partial charge on any atom is -0.398 e. The molecule has 0 aliphatic carbocycles. The second kappa shape index (κ2) is 6.94. The molecule has 0 aromatic heterocycles. The average Bonchev–Trinajstić information content (AvgIpc) is 2.48. The topological polar surface area (TPSA) is 58.4 Å². The molecule has 0 bridgehead atoms. The molecule has 1 aromatic rings. The summed E-state index contributed by atoms with van der Waals surface area (Å²) < 4.78 is 0. The van der Waals surface area contributed by atoms with Crippen molar-refractivity contribution in [2.45, 2.75) is 52.5 Å². The molecule has 2 rings (SSSR count). The molecule has 116 valence electrons. The zero-order valence-corrected chi connectivity index (χ0v) is 13.4. The molecule has 0 radical (unpaired) electrons. The van der Waals surface area contributed by atoms with Crippen molar-refractivity contribution in [2.24, 2.45) is 0 Å². The van der Waals surface area contributed by atoms with Crippen LogP contribution in [-0.2, 0) is 4.79 Å². The van der Waals surface area contributed by atoms with Crippen LogP contribution in [0.4, 0.5) is 11.4 Å². The van der Waals surface area contributed by atoms with Gasteiger partial charge in [-0.05, 0) is 63.4 Å². The highest BCUT2D eigenvalue weighted by Crippen LogP contribution is 2.26. The van der Waals surface area contributed by atoms with Gasteiger partial charge in [-0.2, -0.15) is 0 Å². The Kier molecular flexibility index (Phi) is 5.23. The first-order valence-electron chi connectivity index (χ1n) is 7.95. The molecule has 1 amide bonds. The number of nitrogens with zero attached hydrogens (tertiary/aromatic N) is 1. The monoisotopic (exact) mass is 289 g/mol. The van der Waals surface area contributed by atoms with E-state index >= 15 is 0 Å². The van der Waals surface area contributed by atoms with Crippen LogP contribution in [0.5, 0.6) is 0 Å². The van der Waals surface area contributed by atoms with Gasteiger partial charge in [-0.3, -0.25) is 9.69 Å². The van der Waals surface area contributed by atoms with E-state index in [1.54, 1.807) is 0 Å². The predicted octanol–water partition coefficient (Wildman–Crippen LogP) is 3.09. The number of hydrogen-bond donors (Lipinski definition) is 2. The van der Waals surface area contributed by atoms with Crippen LogP contribution >= 0.6 is 0 Å². The van der Waals surface area contributed by atoms with E-state index in [4.69, 9.17) is 5.73 Å². The van der Waals surface area contributed by atoms with Gasteiger partial charge in [-0.15, -0.1) is 0 Å². The van der Waals surface area contributed by atoms with Crippen LogP contribution in [0.3, 0.4) is 0 Å². The molecule has 1 aliphatic heterocycles. The summed E-state index contributed by atoms with van der Waals surface area (Å²) in [7, 11) is 0. The van der Waals surface area contributed by atoms with Gasteiger partial charge in [0.05, 0.1) is 6.04 Å². The predicted molar refractivity (Wildman–Crippen MR) is 88.5 cm³/mol. The van der Waals surface area contributed by atoms with Gasteiger partial charge in [0.1, 0.15) is 0 Å². The lowest BCUT2D eigenvalue weighted by molar-refractivity contribution is -0.122. The Labute approximate surface area is 127 Å². The number of piperidine rings is 1. The number of likely N-dealkylation sites (tertiary alicyclic amines) is 1. The average molecular weight is 289 g/mol. The Balaban J connectivity index is 2.15. The maximum atomic E-state index is 12.7. The van der Waals surface area contributed by atoms with Crippen molar-refractivity contribution in [1.82, 2.24) is 4.90 Å². The lowest BCUT2D eigenvalue weighted by Gasteiger charge is -2.34. The molecular weight excluding hydrogens is 262 g/mol. The third-order valence-electron chi connectivity index (χ3n) is 4.39. The number of rotatable bonds is 4. The Morgan fingerprint density at radius 2 is 2.14 bits per heavy atom. The molecule has 1 heterocycles. The van der Waals surface area contributed by atoms with E-state index < -0.39 is 0 Å². The van der Waals surface area contributed by atoms with Gasteiger partial charge in [0.2, 0.25) is 5.91 Å². The number of anilines is 2. The van der Waals surface area contributed by atoms with Gasteiger partial charge >= 0.3 is 0 Å². The fraction of sp³-hybridized carbons (Fsp3) is 0.588. The second-order valence-electron chi connectivity index (χ2n) is 6.01. The summed E-state index contributed by atoms with van der Waals surface area (Å²) in [6.45, 7) is 8.15. The Bertz CT molecular complexity index is 511. The van der Waals surface area contributed by atoms with E-state index in [-0.39, 0.29) is 11.9 Å². The van der Waals surface area contributed by atoms with E-state index in [1.165, 1.54) is 6.42 Å². The quantitative estimate of drug-likeness (QED) is 0.837. The summed E-state index contributed by atoms with van der Waals surface area (Å²) >= 11 is 0. The molecule has 4 heteroatoms. The molecule has 0 saturated carbocycles. The number of amides is 1. The molecule has 4 nitrogen and oxygen atoms in total. The van der Waals surface area contributed by atoms with E-state index in [2.05, 4.69) is 17.1 Å². The first-order chi connectivity index (χ1) is 10.0. The van der Waals surface area contributed by atoms with Crippen molar-refractivity contribution in [3.05, 3.63) is 23.3 Å². The van der Waals surface area contributed by atoms with Crippen LogP contribution < -0.4 is 11.1 Å². The maximum absolute atomic E-state index is 12.7. The fourth-order valence-electron chi connectivity index (χ4n) is 3.10. The number of hydrogen-bond acceptors (Lipinski definition) is 3. The highest BCUT2D eigenvalue weighted by molar-refractivity contribution is 5.96. The van der Waals surface area contributed by atoms with Crippen LogP contribution in [0.1, 0.15) is 43.7 Å². The van der Waals surface area contributed by atoms with Crippen LogP contribution in [-0.4, -0.2) is 29.9 Å². The number of aryl methyl sites for hydroxylation is 1. The van der Waals surface area contributed by atoms with Gasteiger partial charge < -0.3 is 11.1 Å². The van der Waals surface area contributed by atoms with Crippen molar-refractivity contribution >= 4 is 17.3 Å².